The van der Waals surface area contributed by atoms with Crippen molar-refractivity contribution in [1.82, 2.24) is 4.90 Å². The van der Waals surface area contributed by atoms with Crippen LogP contribution in [0.2, 0.25) is 5.02 Å². The van der Waals surface area contributed by atoms with Crippen LogP contribution < -0.4 is 4.90 Å². The highest BCUT2D eigenvalue weighted by Gasteiger charge is 2.25. The van der Waals surface area contributed by atoms with Crippen molar-refractivity contribution >= 4 is 23.4 Å². The van der Waals surface area contributed by atoms with Crippen molar-refractivity contribution in [2.75, 3.05) is 37.7 Å². The maximum Gasteiger partial charge on any atom is 0.409 e. The third kappa shape index (κ3) is 3.29. The van der Waals surface area contributed by atoms with E-state index in [1.807, 2.05) is 37.3 Å². The molecule has 6 heteroatoms. The number of amides is 1. The Labute approximate surface area is 140 Å². The number of para-hydroxylation sites is 1. The van der Waals surface area contributed by atoms with Gasteiger partial charge in [0, 0.05) is 31.7 Å². The predicted octanol–water partition coefficient (Wildman–Crippen LogP) is 3.88. The van der Waals surface area contributed by atoms with Crippen LogP contribution in [0.1, 0.15) is 6.92 Å². The fourth-order valence-electron chi connectivity index (χ4n) is 2.79. The van der Waals surface area contributed by atoms with Crippen molar-refractivity contribution in [1.29, 1.82) is 0 Å². The largest absolute Gasteiger partial charge is 0.464 e. The van der Waals surface area contributed by atoms with E-state index in [0.717, 1.165) is 17.0 Å². The Bertz CT molecular complexity index is 664. The van der Waals surface area contributed by atoms with Gasteiger partial charge in [-0.3, -0.25) is 0 Å². The summed E-state index contributed by atoms with van der Waals surface area (Å²) in [5, 5.41) is 0.684. The van der Waals surface area contributed by atoms with Crippen LogP contribution in [0.25, 0.3) is 11.3 Å². The zero-order chi connectivity index (χ0) is 16.2. The van der Waals surface area contributed by atoms with Crippen LogP contribution in [0.3, 0.4) is 0 Å². The van der Waals surface area contributed by atoms with Gasteiger partial charge < -0.3 is 19.0 Å². The average Bonchev–Trinajstić information content (AvgIpc) is 3.09. The minimum atomic E-state index is -0.252. The van der Waals surface area contributed by atoms with E-state index in [0.29, 0.717) is 37.8 Å². The van der Waals surface area contributed by atoms with E-state index in [9.17, 15) is 4.79 Å². The van der Waals surface area contributed by atoms with Crippen LogP contribution in [-0.4, -0.2) is 43.8 Å². The molecule has 1 aromatic heterocycles. The summed E-state index contributed by atoms with van der Waals surface area (Å²) in [6.07, 6.45) is 1.40. The molecule has 1 aliphatic rings. The number of furan rings is 1. The number of rotatable bonds is 3. The fraction of sp³-hybridized carbons (Fsp3) is 0.353. The summed E-state index contributed by atoms with van der Waals surface area (Å²) in [7, 11) is 0. The predicted molar refractivity (Wildman–Crippen MR) is 90.0 cm³/mol. The lowest BCUT2D eigenvalue weighted by Gasteiger charge is -2.36. The molecule has 1 aliphatic heterocycles. The second kappa shape index (κ2) is 6.96. The first-order valence-electron chi connectivity index (χ1n) is 7.69. The van der Waals surface area contributed by atoms with Crippen LogP contribution in [0, 0.1) is 0 Å². The highest BCUT2D eigenvalue weighted by Crippen LogP contribution is 2.37. The molecular formula is C17H19ClN2O3. The fourth-order valence-corrected chi connectivity index (χ4v) is 3.09. The number of carbonyl (C=O) groups excluding carboxylic acids is 1. The number of ether oxygens (including phenoxy) is 1. The summed E-state index contributed by atoms with van der Waals surface area (Å²) in [5.41, 5.74) is 1.92. The first-order valence-corrected chi connectivity index (χ1v) is 8.07. The van der Waals surface area contributed by atoms with Crippen molar-refractivity contribution in [3.63, 3.8) is 0 Å². The van der Waals surface area contributed by atoms with Crippen molar-refractivity contribution in [3.05, 3.63) is 41.6 Å². The summed E-state index contributed by atoms with van der Waals surface area (Å²) in [6, 6.07) is 9.57. The van der Waals surface area contributed by atoms with Crippen LogP contribution in [-0.2, 0) is 4.74 Å². The number of hydrogen-bond acceptors (Lipinski definition) is 4. The van der Waals surface area contributed by atoms with E-state index in [1.165, 1.54) is 0 Å². The minimum Gasteiger partial charge on any atom is -0.464 e. The Morgan fingerprint density at radius 3 is 2.65 bits per heavy atom. The molecule has 1 fully saturated rings. The van der Waals surface area contributed by atoms with Gasteiger partial charge in [-0.05, 0) is 31.2 Å². The molecule has 1 saturated heterocycles. The second-order valence-corrected chi connectivity index (χ2v) is 5.69. The van der Waals surface area contributed by atoms with Crippen molar-refractivity contribution in [2.24, 2.45) is 0 Å². The molecular weight excluding hydrogens is 316 g/mol. The number of anilines is 1. The van der Waals surface area contributed by atoms with Crippen LogP contribution >= 0.6 is 11.6 Å². The molecule has 2 aromatic rings. The third-order valence-electron chi connectivity index (χ3n) is 3.90. The summed E-state index contributed by atoms with van der Waals surface area (Å²) in [6.45, 7) is 4.84. The molecule has 1 aromatic carbocycles. The van der Waals surface area contributed by atoms with E-state index in [1.54, 1.807) is 11.2 Å². The molecule has 2 heterocycles. The highest BCUT2D eigenvalue weighted by atomic mass is 35.5. The Morgan fingerprint density at radius 1 is 1.22 bits per heavy atom. The van der Waals surface area contributed by atoms with Gasteiger partial charge in [-0.2, -0.15) is 0 Å². The number of benzene rings is 1. The van der Waals surface area contributed by atoms with E-state index in [2.05, 4.69) is 4.90 Å². The molecule has 0 aliphatic carbocycles. The lowest BCUT2D eigenvalue weighted by atomic mass is 10.1. The number of hydrogen-bond donors (Lipinski definition) is 0. The average molecular weight is 335 g/mol. The standard InChI is InChI=1S/C17H19ClN2O3/c1-2-22-17(21)20-10-8-19(9-11-20)16-13(5-3-6-14(16)18)15-7-4-12-23-15/h3-7,12H,2,8-11H2,1H3. The first-order chi connectivity index (χ1) is 11.2. The van der Waals surface area contributed by atoms with Gasteiger partial charge in [0.2, 0.25) is 0 Å². The molecule has 0 unspecified atom stereocenters. The van der Waals surface area contributed by atoms with Gasteiger partial charge in [-0.1, -0.05) is 17.7 Å². The molecule has 5 nitrogen and oxygen atoms in total. The van der Waals surface area contributed by atoms with Gasteiger partial charge in [-0.15, -0.1) is 0 Å². The van der Waals surface area contributed by atoms with Crippen molar-refractivity contribution in [3.8, 4) is 11.3 Å². The highest BCUT2D eigenvalue weighted by molar-refractivity contribution is 6.34. The summed E-state index contributed by atoms with van der Waals surface area (Å²) in [5.74, 6) is 0.787. The molecule has 0 atom stereocenters. The molecule has 0 N–H and O–H groups in total. The van der Waals surface area contributed by atoms with E-state index >= 15 is 0 Å². The summed E-state index contributed by atoms with van der Waals surface area (Å²) < 4.78 is 10.6. The quantitative estimate of drug-likeness (QED) is 0.854. The molecule has 0 radical (unpaired) electrons. The maximum atomic E-state index is 11.8. The lowest BCUT2D eigenvalue weighted by molar-refractivity contribution is 0.105. The van der Waals surface area contributed by atoms with Gasteiger partial charge in [0.15, 0.2) is 0 Å². The van der Waals surface area contributed by atoms with Crippen LogP contribution in [0.5, 0.6) is 0 Å². The minimum absolute atomic E-state index is 0.252. The SMILES string of the molecule is CCOC(=O)N1CCN(c2c(Cl)cccc2-c2ccco2)CC1. The molecule has 23 heavy (non-hydrogen) atoms. The topological polar surface area (TPSA) is 45.9 Å². The van der Waals surface area contributed by atoms with Crippen LogP contribution in [0.15, 0.2) is 41.0 Å². The Kier molecular flexibility index (Phi) is 4.76. The molecule has 3 rings (SSSR count). The monoisotopic (exact) mass is 334 g/mol. The Hall–Kier alpha value is -2.14. The van der Waals surface area contributed by atoms with Crippen LogP contribution in [0.4, 0.5) is 10.5 Å². The number of piperazine rings is 1. The zero-order valence-corrected chi connectivity index (χ0v) is 13.8. The van der Waals surface area contributed by atoms with E-state index < -0.39 is 0 Å². The normalized spacial score (nSPS) is 14.9. The van der Waals surface area contributed by atoms with E-state index in [4.69, 9.17) is 20.8 Å². The second-order valence-electron chi connectivity index (χ2n) is 5.29. The van der Waals surface area contributed by atoms with Gasteiger partial charge in [0.1, 0.15) is 5.76 Å². The number of carbonyl (C=O) groups is 1. The van der Waals surface area contributed by atoms with Crippen molar-refractivity contribution in [2.45, 2.75) is 6.92 Å². The Morgan fingerprint density at radius 2 is 2.00 bits per heavy atom. The van der Waals surface area contributed by atoms with Crippen molar-refractivity contribution < 1.29 is 13.9 Å². The van der Waals surface area contributed by atoms with Gasteiger partial charge in [0.25, 0.3) is 0 Å². The molecule has 122 valence electrons. The number of nitrogens with zero attached hydrogens (tertiary/aromatic N) is 2. The zero-order valence-electron chi connectivity index (χ0n) is 13.0. The molecule has 1 amide bonds. The molecule has 0 saturated carbocycles. The van der Waals surface area contributed by atoms with Gasteiger partial charge in [-0.25, -0.2) is 4.79 Å². The molecule has 0 bridgehead atoms. The van der Waals surface area contributed by atoms with Gasteiger partial charge in [0.05, 0.1) is 23.6 Å². The summed E-state index contributed by atoms with van der Waals surface area (Å²) in [4.78, 5) is 15.7. The maximum absolute atomic E-state index is 11.8. The lowest BCUT2D eigenvalue weighted by Crippen LogP contribution is -2.49. The first kappa shape index (κ1) is 15.7. The smallest absolute Gasteiger partial charge is 0.409 e. The molecule has 0 spiro atoms. The summed E-state index contributed by atoms with van der Waals surface area (Å²) >= 11 is 6.44. The van der Waals surface area contributed by atoms with E-state index in [-0.39, 0.29) is 6.09 Å². The van der Waals surface area contributed by atoms with Gasteiger partial charge >= 0.3 is 6.09 Å². The third-order valence-corrected chi connectivity index (χ3v) is 4.20. The Balaban J connectivity index is 1.80. The number of halogens is 1.